The topological polar surface area (TPSA) is 48.4 Å². The molecular formula is C16H19NO2. The predicted octanol–water partition coefficient (Wildman–Crippen LogP) is 3.35. The molecule has 0 saturated carbocycles. The third kappa shape index (κ3) is 2.15. The highest BCUT2D eigenvalue weighted by Crippen LogP contribution is 2.37. The Morgan fingerprint density at radius 3 is 2.74 bits per heavy atom. The monoisotopic (exact) mass is 257 g/mol. The third-order valence-corrected chi connectivity index (χ3v) is 3.63. The van der Waals surface area contributed by atoms with E-state index in [1.807, 2.05) is 25.1 Å². The summed E-state index contributed by atoms with van der Waals surface area (Å²) in [4.78, 5) is 0. The lowest BCUT2D eigenvalue weighted by Gasteiger charge is -2.16. The van der Waals surface area contributed by atoms with Crippen molar-refractivity contribution in [1.82, 2.24) is 0 Å². The molecule has 3 nitrogen and oxygen atoms in total. The van der Waals surface area contributed by atoms with Crippen LogP contribution in [0.2, 0.25) is 0 Å². The molecule has 2 heterocycles. The second kappa shape index (κ2) is 4.14. The zero-order valence-electron chi connectivity index (χ0n) is 11.6. The van der Waals surface area contributed by atoms with Crippen molar-refractivity contribution in [2.45, 2.75) is 38.8 Å². The third-order valence-electron chi connectivity index (χ3n) is 3.63. The number of benzene rings is 1. The number of nitrogens with two attached hydrogens (primary N) is 1. The molecule has 19 heavy (non-hydrogen) atoms. The van der Waals surface area contributed by atoms with Gasteiger partial charge < -0.3 is 14.9 Å². The second-order valence-electron chi connectivity index (χ2n) is 5.85. The minimum Gasteiger partial charge on any atom is -0.487 e. The van der Waals surface area contributed by atoms with Crippen molar-refractivity contribution in [2.24, 2.45) is 5.73 Å². The Bertz CT molecular complexity index is 613. The van der Waals surface area contributed by atoms with E-state index < -0.39 is 0 Å². The summed E-state index contributed by atoms with van der Waals surface area (Å²) >= 11 is 0. The van der Waals surface area contributed by atoms with Crippen LogP contribution in [0.15, 0.2) is 34.9 Å². The van der Waals surface area contributed by atoms with Crippen molar-refractivity contribution in [2.75, 3.05) is 0 Å². The number of fused-ring (bicyclic) bond motifs is 1. The van der Waals surface area contributed by atoms with E-state index >= 15 is 0 Å². The van der Waals surface area contributed by atoms with Gasteiger partial charge in [-0.1, -0.05) is 6.07 Å². The number of ether oxygens (including phenoxy) is 1. The number of hydrogen-bond acceptors (Lipinski definition) is 3. The van der Waals surface area contributed by atoms with Gasteiger partial charge in [0.25, 0.3) is 0 Å². The molecule has 2 aromatic rings. The Morgan fingerprint density at radius 1 is 1.26 bits per heavy atom. The van der Waals surface area contributed by atoms with Crippen molar-refractivity contribution in [3.8, 4) is 5.75 Å². The Hall–Kier alpha value is -1.74. The van der Waals surface area contributed by atoms with Gasteiger partial charge in [0, 0.05) is 6.42 Å². The first-order valence-corrected chi connectivity index (χ1v) is 6.58. The van der Waals surface area contributed by atoms with Gasteiger partial charge in [-0.3, -0.25) is 0 Å². The fraction of sp³-hybridized carbons (Fsp3) is 0.375. The van der Waals surface area contributed by atoms with Crippen molar-refractivity contribution in [3.05, 3.63) is 53.0 Å². The van der Waals surface area contributed by atoms with Gasteiger partial charge in [-0.05, 0) is 55.7 Å². The quantitative estimate of drug-likeness (QED) is 0.897. The fourth-order valence-corrected chi connectivity index (χ4v) is 2.68. The van der Waals surface area contributed by atoms with Crippen LogP contribution in [0.4, 0.5) is 0 Å². The normalized spacial score (nSPS) is 17.9. The van der Waals surface area contributed by atoms with Gasteiger partial charge in [0.05, 0.1) is 12.3 Å². The minimum absolute atomic E-state index is 0.119. The average Bonchev–Trinajstić information content (AvgIpc) is 2.88. The minimum atomic E-state index is -0.219. The van der Waals surface area contributed by atoms with Crippen LogP contribution in [0.3, 0.4) is 0 Å². The molecule has 3 heteroatoms. The molecule has 1 unspecified atom stereocenters. The summed E-state index contributed by atoms with van der Waals surface area (Å²) < 4.78 is 11.4. The van der Waals surface area contributed by atoms with Gasteiger partial charge >= 0.3 is 0 Å². The molecular weight excluding hydrogens is 238 g/mol. The van der Waals surface area contributed by atoms with E-state index in [2.05, 4.69) is 19.9 Å². The molecule has 100 valence electrons. The van der Waals surface area contributed by atoms with Crippen LogP contribution >= 0.6 is 0 Å². The van der Waals surface area contributed by atoms with E-state index in [1.54, 1.807) is 6.26 Å². The molecule has 2 N–H and O–H groups in total. The van der Waals surface area contributed by atoms with Crippen LogP contribution in [0, 0.1) is 6.92 Å². The van der Waals surface area contributed by atoms with Crippen LogP contribution < -0.4 is 10.5 Å². The highest BCUT2D eigenvalue weighted by molar-refractivity contribution is 5.44. The molecule has 1 aromatic carbocycles. The molecule has 1 aliphatic heterocycles. The summed E-state index contributed by atoms with van der Waals surface area (Å²) in [6, 6.07) is 7.89. The number of furan rings is 1. The lowest BCUT2D eigenvalue weighted by Crippen LogP contribution is -2.24. The molecule has 1 aromatic heterocycles. The lowest BCUT2D eigenvalue weighted by molar-refractivity contribution is 0.138. The Balaban J connectivity index is 1.94. The van der Waals surface area contributed by atoms with Crippen LogP contribution in [-0.2, 0) is 6.42 Å². The summed E-state index contributed by atoms with van der Waals surface area (Å²) in [5, 5.41) is 0. The van der Waals surface area contributed by atoms with Gasteiger partial charge in [0.15, 0.2) is 0 Å². The van der Waals surface area contributed by atoms with Gasteiger partial charge in [0.2, 0.25) is 0 Å². The number of hydrogen-bond donors (Lipinski definition) is 1. The first kappa shape index (κ1) is 12.3. The van der Waals surface area contributed by atoms with Crippen molar-refractivity contribution < 1.29 is 9.15 Å². The summed E-state index contributed by atoms with van der Waals surface area (Å²) in [5.74, 6) is 1.80. The number of rotatable bonds is 2. The molecule has 0 aliphatic carbocycles. The van der Waals surface area contributed by atoms with Gasteiger partial charge in [-0.15, -0.1) is 0 Å². The van der Waals surface area contributed by atoms with E-state index in [4.69, 9.17) is 14.9 Å². The first-order chi connectivity index (χ1) is 8.96. The summed E-state index contributed by atoms with van der Waals surface area (Å²) in [6.07, 6.45) is 2.60. The van der Waals surface area contributed by atoms with Crippen molar-refractivity contribution >= 4 is 0 Å². The number of aryl methyl sites for hydroxylation is 1. The van der Waals surface area contributed by atoms with Crippen molar-refractivity contribution in [1.29, 1.82) is 0 Å². The highest BCUT2D eigenvalue weighted by atomic mass is 16.5. The van der Waals surface area contributed by atoms with Gasteiger partial charge in [-0.25, -0.2) is 0 Å². The molecule has 0 radical (unpaired) electrons. The summed E-state index contributed by atoms with van der Waals surface area (Å²) in [7, 11) is 0. The molecule has 1 atom stereocenters. The van der Waals surface area contributed by atoms with E-state index in [1.165, 1.54) is 5.56 Å². The van der Waals surface area contributed by atoms with Crippen LogP contribution in [0.25, 0.3) is 0 Å². The fourth-order valence-electron chi connectivity index (χ4n) is 2.68. The van der Waals surface area contributed by atoms with E-state index in [-0.39, 0.29) is 11.6 Å². The average molecular weight is 257 g/mol. The standard InChI is InChI=1S/C16H19NO2/c1-10-6-7-18-15(10)14(17)11-4-5-13-12(8-11)9-16(2,3)19-13/h4-8,14H,9,17H2,1-3H3. The lowest BCUT2D eigenvalue weighted by atomic mass is 9.96. The SMILES string of the molecule is Cc1ccoc1C(N)c1ccc2c(c1)CC(C)(C)O2. The molecule has 0 saturated heterocycles. The molecule has 0 spiro atoms. The zero-order valence-corrected chi connectivity index (χ0v) is 11.6. The van der Waals surface area contributed by atoms with Gasteiger partial charge in [-0.2, -0.15) is 0 Å². The Kier molecular flexibility index (Phi) is 2.68. The smallest absolute Gasteiger partial charge is 0.127 e. The highest BCUT2D eigenvalue weighted by Gasteiger charge is 2.30. The molecule has 0 bridgehead atoms. The zero-order chi connectivity index (χ0) is 13.6. The molecule has 3 rings (SSSR count). The Labute approximate surface area is 113 Å². The van der Waals surface area contributed by atoms with Crippen LogP contribution in [0.5, 0.6) is 5.75 Å². The first-order valence-electron chi connectivity index (χ1n) is 6.58. The largest absolute Gasteiger partial charge is 0.487 e. The molecule has 0 amide bonds. The van der Waals surface area contributed by atoms with Crippen LogP contribution in [0.1, 0.15) is 42.3 Å². The Morgan fingerprint density at radius 2 is 2.05 bits per heavy atom. The van der Waals surface area contributed by atoms with E-state index in [0.717, 1.165) is 29.1 Å². The summed E-state index contributed by atoms with van der Waals surface area (Å²) in [5.41, 5.74) is 9.55. The van der Waals surface area contributed by atoms with Crippen LogP contribution in [-0.4, -0.2) is 5.60 Å². The van der Waals surface area contributed by atoms with E-state index in [9.17, 15) is 0 Å². The van der Waals surface area contributed by atoms with E-state index in [0.29, 0.717) is 0 Å². The maximum Gasteiger partial charge on any atom is 0.127 e. The maximum absolute atomic E-state index is 6.29. The summed E-state index contributed by atoms with van der Waals surface area (Å²) in [6.45, 7) is 6.21. The van der Waals surface area contributed by atoms with Gasteiger partial charge in [0.1, 0.15) is 17.1 Å². The maximum atomic E-state index is 6.29. The molecule has 1 aliphatic rings. The predicted molar refractivity (Wildman–Crippen MR) is 74.3 cm³/mol. The second-order valence-corrected chi connectivity index (χ2v) is 5.85. The molecule has 0 fully saturated rings. The van der Waals surface area contributed by atoms with Crippen molar-refractivity contribution in [3.63, 3.8) is 0 Å².